The van der Waals surface area contributed by atoms with Gasteiger partial charge in [0.25, 0.3) is 5.91 Å². The van der Waals surface area contributed by atoms with Crippen molar-refractivity contribution in [3.63, 3.8) is 0 Å². The fourth-order valence-electron chi connectivity index (χ4n) is 3.32. The van der Waals surface area contributed by atoms with Gasteiger partial charge in [-0.1, -0.05) is 68.9 Å². The molecule has 0 fully saturated rings. The zero-order valence-electron chi connectivity index (χ0n) is 18.6. The molecule has 0 saturated heterocycles. The summed E-state index contributed by atoms with van der Waals surface area (Å²) in [5.74, 6) is 1.24. The molecule has 0 aliphatic carbocycles. The first-order valence-corrected chi connectivity index (χ1v) is 12.2. The van der Waals surface area contributed by atoms with Crippen molar-refractivity contribution in [1.29, 1.82) is 0 Å². The van der Waals surface area contributed by atoms with Crippen molar-refractivity contribution < 1.29 is 9.53 Å². The monoisotopic (exact) mass is 462 g/mol. The maximum Gasteiger partial charge on any atom is 0.259 e. The van der Waals surface area contributed by atoms with E-state index >= 15 is 0 Å². The van der Waals surface area contributed by atoms with Gasteiger partial charge >= 0.3 is 0 Å². The van der Waals surface area contributed by atoms with E-state index in [1.807, 2.05) is 30.3 Å². The summed E-state index contributed by atoms with van der Waals surface area (Å²) in [7, 11) is 1.56. The van der Waals surface area contributed by atoms with Crippen LogP contribution in [0.5, 0.6) is 5.75 Å². The molecule has 3 aromatic carbocycles. The number of anilines is 1. The van der Waals surface area contributed by atoms with Crippen molar-refractivity contribution in [3.05, 3.63) is 83.4 Å². The highest BCUT2D eigenvalue weighted by Crippen LogP contribution is 2.33. The van der Waals surface area contributed by atoms with Gasteiger partial charge in [0.05, 0.1) is 22.9 Å². The van der Waals surface area contributed by atoms with Crippen LogP contribution in [0, 0.1) is 0 Å². The largest absolute Gasteiger partial charge is 0.496 e. The van der Waals surface area contributed by atoms with Gasteiger partial charge in [-0.25, -0.2) is 4.98 Å². The second-order valence-electron chi connectivity index (χ2n) is 8.55. The molecule has 0 spiro atoms. The summed E-state index contributed by atoms with van der Waals surface area (Å²) in [5.41, 5.74) is 4.98. The normalized spacial score (nSPS) is 11.5. The van der Waals surface area contributed by atoms with Crippen LogP contribution in [0.2, 0.25) is 0 Å². The molecule has 0 unspecified atom stereocenters. The van der Waals surface area contributed by atoms with Gasteiger partial charge in [0.1, 0.15) is 5.75 Å². The van der Waals surface area contributed by atoms with Gasteiger partial charge in [-0.2, -0.15) is 0 Å². The van der Waals surface area contributed by atoms with Crippen molar-refractivity contribution in [2.45, 2.75) is 36.3 Å². The third kappa shape index (κ3) is 5.14. The number of ether oxygens (including phenoxy) is 1. The SMILES string of the molecule is COc1ccccc1C(=O)Nc1ccc2nc(SCc3ccc(C(C)(C)C)cc3)sc2c1. The predicted octanol–water partition coefficient (Wildman–Crippen LogP) is 7.15. The van der Waals surface area contributed by atoms with Crippen LogP contribution >= 0.6 is 23.1 Å². The van der Waals surface area contributed by atoms with Gasteiger partial charge < -0.3 is 10.1 Å². The van der Waals surface area contributed by atoms with E-state index in [1.54, 1.807) is 42.3 Å². The zero-order valence-corrected chi connectivity index (χ0v) is 20.3. The lowest BCUT2D eigenvalue weighted by molar-refractivity contribution is 0.102. The number of benzene rings is 3. The number of hydrogen-bond donors (Lipinski definition) is 1. The summed E-state index contributed by atoms with van der Waals surface area (Å²) >= 11 is 3.38. The molecule has 0 radical (unpaired) electrons. The minimum Gasteiger partial charge on any atom is -0.496 e. The average Bonchev–Trinajstić information content (AvgIpc) is 3.19. The Bertz CT molecular complexity index is 1240. The number of para-hydroxylation sites is 1. The number of hydrogen-bond acceptors (Lipinski definition) is 5. The van der Waals surface area contributed by atoms with Crippen LogP contribution in [0.15, 0.2) is 71.1 Å². The van der Waals surface area contributed by atoms with E-state index in [0.29, 0.717) is 11.3 Å². The maximum absolute atomic E-state index is 12.7. The third-order valence-electron chi connectivity index (χ3n) is 5.16. The van der Waals surface area contributed by atoms with Crippen molar-refractivity contribution in [2.75, 3.05) is 12.4 Å². The van der Waals surface area contributed by atoms with Crippen LogP contribution in [0.3, 0.4) is 0 Å². The lowest BCUT2D eigenvalue weighted by atomic mass is 9.87. The molecule has 1 amide bonds. The first-order chi connectivity index (χ1) is 15.3. The number of nitrogens with zero attached hydrogens (tertiary/aromatic N) is 1. The van der Waals surface area contributed by atoms with Crippen LogP contribution in [0.25, 0.3) is 10.2 Å². The molecule has 4 rings (SSSR count). The van der Waals surface area contributed by atoms with Gasteiger partial charge in [0.2, 0.25) is 0 Å². The number of nitrogens with one attached hydrogen (secondary N) is 1. The van der Waals surface area contributed by atoms with Crippen LogP contribution in [-0.4, -0.2) is 18.0 Å². The van der Waals surface area contributed by atoms with E-state index in [1.165, 1.54) is 11.1 Å². The smallest absolute Gasteiger partial charge is 0.259 e. The van der Waals surface area contributed by atoms with Crippen LogP contribution < -0.4 is 10.1 Å². The van der Waals surface area contributed by atoms with E-state index in [0.717, 1.165) is 26.0 Å². The van der Waals surface area contributed by atoms with Crippen molar-refractivity contribution in [3.8, 4) is 5.75 Å². The lowest BCUT2D eigenvalue weighted by Gasteiger charge is -2.19. The number of rotatable bonds is 6. The van der Waals surface area contributed by atoms with Gasteiger partial charge in [0.15, 0.2) is 4.34 Å². The van der Waals surface area contributed by atoms with Gasteiger partial charge in [-0.3, -0.25) is 4.79 Å². The van der Waals surface area contributed by atoms with E-state index in [-0.39, 0.29) is 11.3 Å². The first kappa shape index (κ1) is 22.4. The number of thiazole rings is 1. The molecule has 0 aliphatic heterocycles. The van der Waals surface area contributed by atoms with E-state index in [2.05, 4.69) is 50.4 Å². The average molecular weight is 463 g/mol. The number of carbonyl (C=O) groups is 1. The highest BCUT2D eigenvalue weighted by Gasteiger charge is 2.14. The van der Waals surface area contributed by atoms with Crippen LogP contribution in [-0.2, 0) is 11.2 Å². The molecule has 0 saturated carbocycles. The molecule has 4 aromatic rings. The molecule has 1 aromatic heterocycles. The second kappa shape index (κ2) is 9.35. The Balaban J connectivity index is 1.44. The van der Waals surface area contributed by atoms with Crippen molar-refractivity contribution in [2.24, 2.45) is 0 Å². The standard InChI is InChI=1S/C26H26N2O2S2/c1-26(2,3)18-11-9-17(10-12-18)16-31-25-28-21-14-13-19(15-23(21)32-25)27-24(29)20-7-5-6-8-22(20)30-4/h5-15H,16H2,1-4H3,(H,27,29). The van der Waals surface area contributed by atoms with E-state index in [9.17, 15) is 4.79 Å². The molecule has 0 aliphatic rings. The fourth-order valence-corrected chi connectivity index (χ4v) is 5.38. The highest BCUT2D eigenvalue weighted by atomic mass is 32.2. The minimum absolute atomic E-state index is 0.164. The molecule has 1 heterocycles. The van der Waals surface area contributed by atoms with Gasteiger partial charge in [-0.15, -0.1) is 11.3 Å². The number of carbonyl (C=O) groups excluding carboxylic acids is 1. The molecule has 4 nitrogen and oxygen atoms in total. The predicted molar refractivity (Wildman–Crippen MR) is 135 cm³/mol. The van der Waals surface area contributed by atoms with Crippen LogP contribution in [0.1, 0.15) is 42.3 Å². The molecule has 32 heavy (non-hydrogen) atoms. The Hall–Kier alpha value is -2.83. The summed E-state index contributed by atoms with van der Waals surface area (Å²) < 4.78 is 7.36. The summed E-state index contributed by atoms with van der Waals surface area (Å²) in [6, 6.07) is 21.8. The fraction of sp³-hybridized carbons (Fsp3) is 0.231. The maximum atomic E-state index is 12.7. The molecule has 0 atom stereocenters. The minimum atomic E-state index is -0.195. The van der Waals surface area contributed by atoms with E-state index in [4.69, 9.17) is 9.72 Å². The Morgan fingerprint density at radius 1 is 1.06 bits per heavy atom. The Morgan fingerprint density at radius 3 is 2.53 bits per heavy atom. The summed E-state index contributed by atoms with van der Waals surface area (Å²) in [4.78, 5) is 17.4. The highest BCUT2D eigenvalue weighted by molar-refractivity contribution is 8.00. The molecular weight excluding hydrogens is 436 g/mol. The topological polar surface area (TPSA) is 51.2 Å². The second-order valence-corrected chi connectivity index (χ2v) is 10.8. The Morgan fingerprint density at radius 2 is 1.81 bits per heavy atom. The van der Waals surface area contributed by atoms with Crippen LogP contribution in [0.4, 0.5) is 5.69 Å². The Labute approximate surface area is 197 Å². The third-order valence-corrected chi connectivity index (χ3v) is 7.39. The number of methoxy groups -OCH3 is 1. The first-order valence-electron chi connectivity index (χ1n) is 10.4. The zero-order chi connectivity index (χ0) is 22.7. The lowest BCUT2D eigenvalue weighted by Crippen LogP contribution is -2.12. The van der Waals surface area contributed by atoms with Gasteiger partial charge in [0, 0.05) is 11.4 Å². The number of fused-ring (bicyclic) bond motifs is 1. The Kier molecular flexibility index (Phi) is 6.53. The number of amides is 1. The summed E-state index contributed by atoms with van der Waals surface area (Å²) in [5, 5.41) is 2.96. The van der Waals surface area contributed by atoms with E-state index < -0.39 is 0 Å². The van der Waals surface area contributed by atoms with Crippen molar-refractivity contribution >= 4 is 44.9 Å². The quantitative estimate of drug-likeness (QED) is 0.309. The summed E-state index contributed by atoms with van der Waals surface area (Å²) in [6.45, 7) is 6.68. The molecule has 1 N–H and O–H groups in total. The molecule has 0 bridgehead atoms. The summed E-state index contributed by atoms with van der Waals surface area (Å²) in [6.07, 6.45) is 0. The van der Waals surface area contributed by atoms with Crippen molar-refractivity contribution in [1.82, 2.24) is 4.98 Å². The number of aromatic nitrogens is 1. The molecule has 6 heteroatoms. The molecular formula is C26H26N2O2S2. The molecule has 164 valence electrons. The number of thioether (sulfide) groups is 1. The van der Waals surface area contributed by atoms with Gasteiger partial charge in [-0.05, 0) is 46.9 Å².